The van der Waals surface area contributed by atoms with E-state index in [1.54, 1.807) is 0 Å². The van der Waals surface area contributed by atoms with E-state index in [1.165, 1.54) is 0 Å². The Balaban J connectivity index is -0.000000540. The second-order valence-electron chi connectivity index (χ2n) is 3.43. The van der Waals surface area contributed by atoms with Crippen LogP contribution in [0.15, 0.2) is 0 Å². The number of hydrogen-bond donors (Lipinski definition) is 3. The zero-order chi connectivity index (χ0) is 14.7. The first-order valence-electron chi connectivity index (χ1n) is 5.50. The van der Waals surface area contributed by atoms with Crippen LogP contribution in [0.2, 0.25) is 0 Å². The predicted molar refractivity (Wildman–Crippen MR) is 100 cm³/mol. The fraction of sp³-hybridized carbons (Fsp3) is 0.667. The molecular formula is C9H15K3N4S6. The van der Waals surface area contributed by atoms with E-state index in [9.17, 15) is 0 Å². The van der Waals surface area contributed by atoms with Gasteiger partial charge in [0, 0.05) is 39.3 Å². The minimum absolute atomic E-state index is 0. The summed E-state index contributed by atoms with van der Waals surface area (Å²) in [4.78, 5) is 1.92. The van der Waals surface area contributed by atoms with E-state index in [4.69, 9.17) is 74.5 Å². The van der Waals surface area contributed by atoms with Gasteiger partial charge in [-0.05, 0) is 0 Å². The Morgan fingerprint density at radius 2 is 1.18 bits per heavy atom. The molecule has 0 bridgehead atoms. The second kappa shape index (κ2) is 24.2. The van der Waals surface area contributed by atoms with E-state index in [0.717, 1.165) is 19.6 Å². The molecule has 0 unspecified atom stereocenters. The quantitative estimate of drug-likeness (QED) is 0.126. The molecular weight excluding hydrogens is 474 g/mol. The Hall–Kier alpha value is 5.20. The molecule has 0 aliphatic carbocycles. The van der Waals surface area contributed by atoms with Crippen LogP contribution in [0.5, 0.6) is 0 Å². The van der Waals surface area contributed by atoms with E-state index >= 15 is 0 Å². The summed E-state index contributed by atoms with van der Waals surface area (Å²) in [6, 6.07) is 0. The van der Waals surface area contributed by atoms with Crippen molar-refractivity contribution in [1.82, 2.24) is 20.9 Å². The van der Waals surface area contributed by atoms with Crippen LogP contribution in [0.3, 0.4) is 0 Å². The van der Waals surface area contributed by atoms with Gasteiger partial charge in [0.1, 0.15) is 0 Å². The predicted octanol–water partition coefficient (Wildman–Crippen LogP) is -9.44. The van der Waals surface area contributed by atoms with Crippen molar-refractivity contribution in [1.29, 1.82) is 0 Å². The van der Waals surface area contributed by atoms with Gasteiger partial charge >= 0.3 is 154 Å². The summed E-state index contributed by atoms with van der Waals surface area (Å²) in [5.41, 5.74) is 0. The number of nitrogens with zero attached hydrogens (tertiary/aromatic N) is 1. The summed E-state index contributed by atoms with van der Waals surface area (Å²) in [6.07, 6.45) is 0. The average molecular weight is 489 g/mol. The van der Waals surface area contributed by atoms with Crippen LogP contribution >= 0.6 is 36.7 Å². The zero-order valence-electron chi connectivity index (χ0n) is 13.1. The van der Waals surface area contributed by atoms with Crippen molar-refractivity contribution in [3.63, 3.8) is 0 Å². The first kappa shape index (κ1) is 34.7. The summed E-state index contributed by atoms with van der Waals surface area (Å²) in [6.45, 7) is 4.35. The van der Waals surface area contributed by atoms with Crippen LogP contribution in [-0.2, 0) is 37.9 Å². The molecule has 0 aliphatic heterocycles. The molecule has 0 aromatic heterocycles. The standard InChI is InChI=1S/C9H18N4S6.3K/c14-7(15)11-2-1-10-3-5-13(9(18)19)6-4-12-8(16)17;;;/h10H,1-6H2,(H,18,19)(H2,11,14,15)(H2,12,16,17);;;/q;3*+1/p-3. The summed E-state index contributed by atoms with van der Waals surface area (Å²) < 4.78 is 1.20. The topological polar surface area (TPSA) is 39.3 Å². The maximum Gasteiger partial charge on any atom is 1.00 e. The van der Waals surface area contributed by atoms with E-state index in [-0.39, 0.29) is 154 Å². The van der Waals surface area contributed by atoms with Crippen LogP contribution in [0.25, 0.3) is 0 Å². The molecule has 0 radical (unpaired) electrons. The molecule has 0 amide bonds. The van der Waals surface area contributed by atoms with Gasteiger partial charge in [-0.25, -0.2) is 0 Å². The van der Waals surface area contributed by atoms with Gasteiger partial charge in [0.2, 0.25) is 0 Å². The van der Waals surface area contributed by atoms with Crippen LogP contribution < -0.4 is 170 Å². The summed E-state index contributed by atoms with van der Waals surface area (Å²) in [5.74, 6) is 0. The number of thiocarbonyl (C=S) groups is 3. The zero-order valence-corrected chi connectivity index (χ0v) is 27.4. The number of rotatable bonds is 9. The van der Waals surface area contributed by atoms with Gasteiger partial charge < -0.3 is 95.4 Å². The van der Waals surface area contributed by atoms with Crippen molar-refractivity contribution in [2.24, 2.45) is 0 Å². The van der Waals surface area contributed by atoms with Gasteiger partial charge in [-0.15, -0.1) is 0 Å². The molecule has 0 heterocycles. The molecule has 0 saturated heterocycles. The van der Waals surface area contributed by atoms with E-state index in [0.29, 0.717) is 32.6 Å². The smallest absolute Gasteiger partial charge is 0.412 e. The van der Waals surface area contributed by atoms with E-state index in [1.807, 2.05) is 4.90 Å². The van der Waals surface area contributed by atoms with Crippen LogP contribution in [0.4, 0.5) is 0 Å². The van der Waals surface area contributed by atoms with Gasteiger partial charge in [-0.1, -0.05) is 13.0 Å². The van der Waals surface area contributed by atoms with Crippen molar-refractivity contribution in [3.8, 4) is 0 Å². The van der Waals surface area contributed by atoms with Crippen LogP contribution in [-0.4, -0.2) is 57.1 Å². The van der Waals surface area contributed by atoms with Gasteiger partial charge in [-0.2, -0.15) is 0 Å². The molecule has 13 heteroatoms. The minimum Gasteiger partial charge on any atom is -0.412 e. The molecule has 110 valence electrons. The third-order valence-electron chi connectivity index (χ3n) is 2.04. The Morgan fingerprint density at radius 1 is 0.727 bits per heavy atom. The molecule has 0 fully saturated rings. The SMILES string of the molecule is S=C([S-])NCCNCCN(CCNC(=S)[S-])C(=S)[S-].[K+].[K+].[K+]. The average Bonchev–Trinajstić information content (AvgIpc) is 2.29. The molecule has 0 rings (SSSR count). The monoisotopic (exact) mass is 488 g/mol. The Bertz CT molecular complexity index is 324. The van der Waals surface area contributed by atoms with Crippen molar-refractivity contribution in [2.75, 3.05) is 39.3 Å². The second-order valence-corrected chi connectivity index (χ2v) is 6.61. The van der Waals surface area contributed by atoms with Gasteiger partial charge in [-0.3, -0.25) is 0 Å². The maximum atomic E-state index is 5.01. The van der Waals surface area contributed by atoms with Gasteiger partial charge in [0.25, 0.3) is 0 Å². The van der Waals surface area contributed by atoms with Crippen molar-refractivity contribution in [2.45, 2.75) is 0 Å². The third-order valence-corrected chi connectivity index (χ3v) is 3.13. The largest absolute Gasteiger partial charge is 1.00 e. The van der Waals surface area contributed by atoms with E-state index < -0.39 is 0 Å². The summed E-state index contributed by atoms with van der Waals surface area (Å²) in [7, 11) is 0. The molecule has 0 aromatic rings. The molecule has 0 aliphatic rings. The molecule has 3 N–H and O–H groups in total. The normalized spacial score (nSPS) is 8.36. The Kier molecular flexibility index (Phi) is 38.2. The summed E-state index contributed by atoms with van der Waals surface area (Å²) >= 11 is 29.0. The Morgan fingerprint density at radius 3 is 1.64 bits per heavy atom. The van der Waals surface area contributed by atoms with Crippen LogP contribution in [0, 0.1) is 0 Å². The first-order valence-corrected chi connectivity index (χ1v) is 7.94. The summed E-state index contributed by atoms with van der Waals surface area (Å²) in [5, 5.41) is 9.03. The van der Waals surface area contributed by atoms with Gasteiger partial charge in [0.15, 0.2) is 0 Å². The fourth-order valence-corrected chi connectivity index (χ4v) is 1.95. The first-order chi connectivity index (χ1) is 8.93. The number of hydrogen-bond acceptors (Lipinski definition) is 7. The molecule has 0 atom stereocenters. The molecule has 0 spiro atoms. The fourth-order valence-electron chi connectivity index (χ4n) is 1.18. The van der Waals surface area contributed by atoms with Crippen molar-refractivity contribution >= 4 is 87.5 Å². The number of nitrogens with one attached hydrogen (secondary N) is 3. The molecule has 4 nitrogen and oxygen atoms in total. The molecule has 0 saturated carbocycles. The van der Waals surface area contributed by atoms with Crippen LogP contribution in [0.1, 0.15) is 0 Å². The van der Waals surface area contributed by atoms with E-state index in [2.05, 4.69) is 16.0 Å². The Labute approximate surface area is 293 Å². The third kappa shape index (κ3) is 25.2. The minimum atomic E-state index is 0. The molecule has 22 heavy (non-hydrogen) atoms. The van der Waals surface area contributed by atoms with Crippen molar-refractivity contribution in [3.05, 3.63) is 0 Å². The van der Waals surface area contributed by atoms with Crippen molar-refractivity contribution < 1.29 is 154 Å². The van der Waals surface area contributed by atoms with Gasteiger partial charge in [0.05, 0.1) is 0 Å². The molecule has 0 aromatic carbocycles. The maximum absolute atomic E-state index is 5.01.